The van der Waals surface area contributed by atoms with Crippen LogP contribution in [-0.2, 0) is 35.3 Å². The SMILES string of the molecule is O=C([C@H](Cc1ccccn1)N(Cc1ccc(-c2ccccn2)cc1)C(=O)C=Cc1ccc(C(F)(F)F)cc1)N1CCN(Cc2ccccc2)CC1. The van der Waals surface area contributed by atoms with Gasteiger partial charge >= 0.3 is 6.18 Å². The van der Waals surface area contributed by atoms with Gasteiger partial charge in [0.1, 0.15) is 6.04 Å². The minimum absolute atomic E-state index is 0.121. The fourth-order valence-electron chi connectivity index (χ4n) is 6.13. The number of hydrogen-bond acceptors (Lipinski definition) is 5. The van der Waals surface area contributed by atoms with Crippen LogP contribution in [-0.4, -0.2) is 68.7 Å². The highest BCUT2D eigenvalue weighted by molar-refractivity contribution is 5.95. The first kappa shape index (κ1) is 35.2. The maximum atomic E-state index is 14.5. The van der Waals surface area contributed by atoms with Crippen molar-refractivity contribution in [3.63, 3.8) is 0 Å². The molecule has 1 fully saturated rings. The minimum atomic E-state index is -4.47. The van der Waals surface area contributed by atoms with Crippen molar-refractivity contribution < 1.29 is 22.8 Å². The molecule has 1 aliphatic rings. The van der Waals surface area contributed by atoms with Crippen LogP contribution in [0.2, 0.25) is 0 Å². The van der Waals surface area contributed by atoms with E-state index in [1.54, 1.807) is 23.4 Å². The Bertz CT molecular complexity index is 1900. The van der Waals surface area contributed by atoms with Crippen molar-refractivity contribution >= 4 is 17.9 Å². The molecule has 0 bridgehead atoms. The molecule has 6 rings (SSSR count). The van der Waals surface area contributed by atoms with Gasteiger partial charge in [-0.2, -0.15) is 13.2 Å². The summed E-state index contributed by atoms with van der Waals surface area (Å²) in [6, 6.07) is 32.7. The molecule has 0 unspecified atom stereocenters. The summed E-state index contributed by atoms with van der Waals surface area (Å²) < 4.78 is 39.5. The lowest BCUT2D eigenvalue weighted by Crippen LogP contribution is -2.56. The topological polar surface area (TPSA) is 69.6 Å². The number of amides is 2. The van der Waals surface area contributed by atoms with Crippen LogP contribution in [0.15, 0.2) is 134 Å². The van der Waals surface area contributed by atoms with Gasteiger partial charge in [0.05, 0.1) is 11.3 Å². The Hall–Kier alpha value is -5.61. The van der Waals surface area contributed by atoms with Crippen LogP contribution < -0.4 is 0 Å². The third kappa shape index (κ3) is 9.55. The van der Waals surface area contributed by atoms with Gasteiger partial charge in [0, 0.05) is 75.4 Å². The van der Waals surface area contributed by atoms with Crippen molar-refractivity contribution in [2.75, 3.05) is 26.2 Å². The lowest BCUT2D eigenvalue weighted by atomic mass is 10.0. The first-order chi connectivity index (χ1) is 24.7. The molecule has 260 valence electrons. The molecule has 3 aromatic carbocycles. The van der Waals surface area contributed by atoms with Gasteiger partial charge in [-0.05, 0) is 59.2 Å². The van der Waals surface area contributed by atoms with E-state index in [0.29, 0.717) is 37.4 Å². The molecular weight excluding hydrogens is 651 g/mol. The third-order valence-electron chi connectivity index (χ3n) is 8.93. The molecule has 51 heavy (non-hydrogen) atoms. The van der Waals surface area contributed by atoms with Gasteiger partial charge in [-0.3, -0.25) is 24.5 Å². The second-order valence-corrected chi connectivity index (χ2v) is 12.5. The number of piperazine rings is 1. The number of carbonyl (C=O) groups excluding carboxylic acids is 2. The Morgan fingerprint density at radius 3 is 2.04 bits per heavy atom. The lowest BCUT2D eigenvalue weighted by Gasteiger charge is -2.39. The van der Waals surface area contributed by atoms with E-state index in [-0.39, 0.29) is 18.9 Å². The summed E-state index contributed by atoms with van der Waals surface area (Å²) in [6.45, 7) is 3.30. The third-order valence-corrected chi connectivity index (χ3v) is 8.93. The lowest BCUT2D eigenvalue weighted by molar-refractivity contribution is -0.145. The molecule has 7 nitrogen and oxygen atoms in total. The van der Waals surface area contributed by atoms with E-state index >= 15 is 0 Å². The number of rotatable bonds is 11. The Morgan fingerprint density at radius 2 is 1.41 bits per heavy atom. The standard InChI is InChI=1S/C41H38F3N5O2/c42-41(43,44)35-19-14-31(15-20-35)16-21-39(50)49(30-33-12-17-34(18-13-33)37-11-5-7-23-46-37)38(28-36-10-4-6-22-45-36)40(51)48-26-24-47(25-27-48)29-32-8-2-1-3-9-32/h1-23,38H,24-30H2/t38-/m0/s1. The molecule has 0 aliphatic carbocycles. The minimum Gasteiger partial charge on any atom is -0.338 e. The van der Waals surface area contributed by atoms with E-state index in [1.807, 2.05) is 77.7 Å². The highest BCUT2D eigenvalue weighted by atomic mass is 19.4. The molecule has 5 aromatic rings. The average molecular weight is 690 g/mol. The number of pyridine rings is 2. The molecule has 0 spiro atoms. The van der Waals surface area contributed by atoms with E-state index in [9.17, 15) is 22.8 Å². The van der Waals surface area contributed by atoms with Gasteiger partial charge in [0.25, 0.3) is 0 Å². The van der Waals surface area contributed by atoms with Gasteiger partial charge in [-0.15, -0.1) is 0 Å². The van der Waals surface area contributed by atoms with E-state index in [0.717, 1.165) is 35.5 Å². The summed E-state index contributed by atoms with van der Waals surface area (Å²) in [4.78, 5) is 43.2. The van der Waals surface area contributed by atoms with Gasteiger partial charge in [-0.1, -0.05) is 78.9 Å². The summed E-state index contributed by atoms with van der Waals surface area (Å²) >= 11 is 0. The Kier molecular flexibility index (Phi) is 11.3. The molecule has 0 radical (unpaired) electrons. The van der Waals surface area contributed by atoms with Crippen molar-refractivity contribution in [2.45, 2.75) is 31.7 Å². The van der Waals surface area contributed by atoms with Crippen LogP contribution in [0.4, 0.5) is 13.2 Å². The number of benzene rings is 3. The summed E-state index contributed by atoms with van der Waals surface area (Å²) in [5.41, 5.74) is 4.05. The van der Waals surface area contributed by atoms with Gasteiger partial charge < -0.3 is 9.80 Å². The Balaban J connectivity index is 1.28. The van der Waals surface area contributed by atoms with Crippen molar-refractivity contribution in [3.8, 4) is 11.3 Å². The molecule has 1 atom stereocenters. The molecular formula is C41H38F3N5O2. The van der Waals surface area contributed by atoms with Crippen LogP contribution in [0.5, 0.6) is 0 Å². The predicted molar refractivity (Wildman–Crippen MR) is 191 cm³/mol. The highest BCUT2D eigenvalue weighted by Gasteiger charge is 2.34. The second kappa shape index (κ2) is 16.4. The largest absolute Gasteiger partial charge is 0.416 e. The summed E-state index contributed by atoms with van der Waals surface area (Å²) in [7, 11) is 0. The smallest absolute Gasteiger partial charge is 0.338 e. The van der Waals surface area contributed by atoms with Crippen LogP contribution >= 0.6 is 0 Å². The van der Waals surface area contributed by atoms with Crippen molar-refractivity contribution in [2.24, 2.45) is 0 Å². The van der Waals surface area contributed by atoms with Crippen molar-refractivity contribution in [3.05, 3.63) is 162 Å². The zero-order valence-corrected chi connectivity index (χ0v) is 28.0. The molecule has 2 amide bonds. The fourth-order valence-corrected chi connectivity index (χ4v) is 6.13. The maximum absolute atomic E-state index is 14.5. The van der Waals surface area contributed by atoms with E-state index < -0.39 is 23.7 Å². The molecule has 1 saturated heterocycles. The fraction of sp³-hybridized carbons (Fsp3) is 0.220. The first-order valence-electron chi connectivity index (χ1n) is 16.8. The number of alkyl halides is 3. The van der Waals surface area contributed by atoms with Crippen LogP contribution in [0.25, 0.3) is 17.3 Å². The summed E-state index contributed by atoms with van der Waals surface area (Å²) in [5.74, 6) is -0.623. The monoisotopic (exact) mass is 689 g/mol. The van der Waals surface area contributed by atoms with Gasteiger partial charge in [0.15, 0.2) is 0 Å². The summed E-state index contributed by atoms with van der Waals surface area (Å²) in [6.07, 6.45) is 1.91. The van der Waals surface area contributed by atoms with E-state index in [2.05, 4.69) is 27.0 Å². The van der Waals surface area contributed by atoms with Gasteiger partial charge in [-0.25, -0.2) is 0 Å². The summed E-state index contributed by atoms with van der Waals surface area (Å²) in [5, 5.41) is 0. The molecule has 1 aliphatic heterocycles. The van der Waals surface area contributed by atoms with Crippen molar-refractivity contribution in [1.29, 1.82) is 0 Å². The van der Waals surface area contributed by atoms with Crippen LogP contribution in [0.1, 0.15) is 27.9 Å². The Morgan fingerprint density at radius 1 is 0.745 bits per heavy atom. The molecule has 0 saturated carbocycles. The van der Waals surface area contributed by atoms with Crippen molar-refractivity contribution in [1.82, 2.24) is 24.7 Å². The molecule has 10 heteroatoms. The molecule has 3 heterocycles. The van der Waals surface area contributed by atoms with Crippen LogP contribution in [0.3, 0.4) is 0 Å². The average Bonchev–Trinajstić information content (AvgIpc) is 3.16. The normalized spacial score (nSPS) is 14.4. The van der Waals surface area contributed by atoms with Crippen LogP contribution in [0, 0.1) is 0 Å². The first-order valence-corrected chi connectivity index (χ1v) is 16.8. The Labute approximate surface area is 295 Å². The number of hydrogen-bond donors (Lipinski definition) is 0. The number of nitrogens with zero attached hydrogens (tertiary/aromatic N) is 5. The zero-order chi connectivity index (χ0) is 35.6. The maximum Gasteiger partial charge on any atom is 0.416 e. The molecule has 2 aromatic heterocycles. The number of aromatic nitrogens is 2. The quantitative estimate of drug-likeness (QED) is 0.138. The van der Waals surface area contributed by atoms with Gasteiger partial charge in [0.2, 0.25) is 11.8 Å². The zero-order valence-electron chi connectivity index (χ0n) is 28.0. The number of carbonyl (C=O) groups is 2. The van der Waals surface area contributed by atoms with E-state index in [1.165, 1.54) is 29.8 Å². The molecule has 0 N–H and O–H groups in total. The predicted octanol–water partition coefficient (Wildman–Crippen LogP) is 7.16. The number of halogens is 3. The van der Waals surface area contributed by atoms with E-state index in [4.69, 9.17) is 0 Å². The second-order valence-electron chi connectivity index (χ2n) is 12.5. The highest BCUT2D eigenvalue weighted by Crippen LogP contribution is 2.29.